The number of furan rings is 1. The molecule has 1 atom stereocenters. The highest BCUT2D eigenvalue weighted by molar-refractivity contribution is 5.91. The van der Waals surface area contributed by atoms with Crippen molar-refractivity contribution in [3.63, 3.8) is 0 Å². The summed E-state index contributed by atoms with van der Waals surface area (Å²) in [4.78, 5) is 15.1. The average molecular weight is 459 g/mol. The SMILES string of the molecule is CCCCCN(CCCCC)CC(C)NC(=O)c1ccc(COc2ccc(OCC)cc2)o1. The molecule has 6 nitrogen and oxygen atoms in total. The van der Waals surface area contributed by atoms with E-state index >= 15 is 0 Å². The standard InChI is InChI=1S/C27H42N2O4/c1-5-8-10-18-29(19-11-9-6-2)20-22(4)28-27(30)26-17-16-25(33-26)21-32-24-14-12-23(13-15-24)31-7-3/h12-17,22H,5-11,18-21H2,1-4H3,(H,28,30). The number of ether oxygens (including phenoxy) is 2. The van der Waals surface area contributed by atoms with Gasteiger partial charge in [-0.15, -0.1) is 0 Å². The molecular formula is C27H42N2O4. The number of amides is 1. The lowest BCUT2D eigenvalue weighted by atomic mass is 10.2. The van der Waals surface area contributed by atoms with Crippen molar-refractivity contribution < 1.29 is 18.7 Å². The summed E-state index contributed by atoms with van der Waals surface area (Å²) in [5.74, 6) is 2.28. The zero-order chi connectivity index (χ0) is 23.9. The molecule has 2 rings (SSSR count). The van der Waals surface area contributed by atoms with Crippen LogP contribution in [-0.2, 0) is 6.61 Å². The molecule has 0 aliphatic rings. The van der Waals surface area contributed by atoms with Crippen molar-refractivity contribution in [1.82, 2.24) is 10.2 Å². The highest BCUT2D eigenvalue weighted by atomic mass is 16.5. The molecule has 0 spiro atoms. The monoisotopic (exact) mass is 458 g/mol. The summed E-state index contributed by atoms with van der Waals surface area (Å²) >= 11 is 0. The van der Waals surface area contributed by atoms with Crippen molar-refractivity contribution in [3.05, 3.63) is 47.9 Å². The third-order valence-electron chi connectivity index (χ3n) is 5.47. The number of unbranched alkanes of at least 4 members (excludes halogenated alkanes) is 4. The van der Waals surface area contributed by atoms with Crippen LogP contribution < -0.4 is 14.8 Å². The Kier molecular flexibility index (Phi) is 12.5. The third-order valence-corrected chi connectivity index (χ3v) is 5.47. The summed E-state index contributed by atoms with van der Waals surface area (Å²) in [6.45, 7) is 12.4. The Morgan fingerprint density at radius 1 is 0.909 bits per heavy atom. The van der Waals surface area contributed by atoms with Crippen LogP contribution in [0.2, 0.25) is 0 Å². The van der Waals surface area contributed by atoms with E-state index in [0.717, 1.165) is 31.1 Å². The summed E-state index contributed by atoms with van der Waals surface area (Å²) in [6, 6.07) is 11.0. The molecule has 0 bridgehead atoms. The predicted octanol–water partition coefficient (Wildman–Crippen LogP) is 6.06. The highest BCUT2D eigenvalue weighted by Gasteiger charge is 2.16. The molecule has 0 aliphatic carbocycles. The maximum Gasteiger partial charge on any atom is 0.287 e. The first-order chi connectivity index (χ1) is 16.0. The molecule has 6 heteroatoms. The van der Waals surface area contributed by atoms with Crippen molar-refractivity contribution in [2.45, 2.75) is 78.9 Å². The number of carbonyl (C=O) groups excluding carboxylic acids is 1. The van der Waals surface area contributed by atoms with Crippen molar-refractivity contribution in [2.24, 2.45) is 0 Å². The quantitative estimate of drug-likeness (QED) is 0.292. The topological polar surface area (TPSA) is 63.9 Å². The Labute approximate surface area is 199 Å². The van der Waals surface area contributed by atoms with Crippen LogP contribution in [0.4, 0.5) is 0 Å². The Bertz CT molecular complexity index is 778. The van der Waals surface area contributed by atoms with Gasteiger partial charge < -0.3 is 24.1 Å². The van der Waals surface area contributed by atoms with Crippen LogP contribution in [0.3, 0.4) is 0 Å². The van der Waals surface area contributed by atoms with Gasteiger partial charge in [0.25, 0.3) is 5.91 Å². The van der Waals surface area contributed by atoms with Gasteiger partial charge in [0, 0.05) is 12.6 Å². The number of carbonyl (C=O) groups is 1. The number of rotatable bonds is 17. The molecule has 1 amide bonds. The van der Waals surface area contributed by atoms with E-state index in [-0.39, 0.29) is 18.6 Å². The highest BCUT2D eigenvalue weighted by Crippen LogP contribution is 2.19. The molecule has 0 saturated heterocycles. The van der Waals surface area contributed by atoms with Gasteiger partial charge in [-0.05, 0) is 76.2 Å². The van der Waals surface area contributed by atoms with E-state index in [4.69, 9.17) is 13.9 Å². The second-order valence-corrected chi connectivity index (χ2v) is 8.55. The van der Waals surface area contributed by atoms with Crippen LogP contribution in [0.25, 0.3) is 0 Å². The maximum absolute atomic E-state index is 12.7. The van der Waals surface area contributed by atoms with Gasteiger partial charge in [-0.2, -0.15) is 0 Å². The van der Waals surface area contributed by atoms with Gasteiger partial charge in [0.1, 0.15) is 23.9 Å². The average Bonchev–Trinajstić information content (AvgIpc) is 3.28. The number of nitrogens with zero attached hydrogens (tertiary/aromatic N) is 1. The van der Waals surface area contributed by atoms with Crippen molar-refractivity contribution >= 4 is 5.91 Å². The fraction of sp³-hybridized carbons (Fsp3) is 0.593. The van der Waals surface area contributed by atoms with Gasteiger partial charge >= 0.3 is 0 Å². The van der Waals surface area contributed by atoms with Gasteiger partial charge in [-0.25, -0.2) is 0 Å². The molecule has 184 valence electrons. The lowest BCUT2D eigenvalue weighted by Gasteiger charge is -2.26. The molecule has 0 saturated carbocycles. The molecule has 2 aromatic rings. The fourth-order valence-electron chi connectivity index (χ4n) is 3.72. The summed E-state index contributed by atoms with van der Waals surface area (Å²) in [6.07, 6.45) is 7.35. The van der Waals surface area contributed by atoms with E-state index in [1.165, 1.54) is 38.5 Å². The summed E-state index contributed by atoms with van der Waals surface area (Å²) in [7, 11) is 0. The number of hydrogen-bond donors (Lipinski definition) is 1. The normalized spacial score (nSPS) is 12.0. The number of benzene rings is 1. The summed E-state index contributed by atoms with van der Waals surface area (Å²) in [5, 5.41) is 3.08. The minimum Gasteiger partial charge on any atom is -0.494 e. The van der Waals surface area contributed by atoms with Gasteiger partial charge in [0.2, 0.25) is 0 Å². The van der Waals surface area contributed by atoms with E-state index in [9.17, 15) is 4.79 Å². The van der Waals surface area contributed by atoms with Crippen LogP contribution >= 0.6 is 0 Å². The molecule has 0 radical (unpaired) electrons. The van der Waals surface area contributed by atoms with Crippen LogP contribution in [0.5, 0.6) is 11.5 Å². The zero-order valence-electron chi connectivity index (χ0n) is 20.9. The molecule has 1 aromatic heterocycles. The molecule has 0 aliphatic heterocycles. The molecular weight excluding hydrogens is 416 g/mol. The first kappa shape index (κ1) is 26.8. The Hall–Kier alpha value is -2.47. The van der Waals surface area contributed by atoms with Crippen LogP contribution in [-0.4, -0.2) is 43.1 Å². The van der Waals surface area contributed by atoms with E-state index in [1.807, 2.05) is 31.2 Å². The second-order valence-electron chi connectivity index (χ2n) is 8.55. The van der Waals surface area contributed by atoms with E-state index in [0.29, 0.717) is 18.1 Å². The fourth-order valence-corrected chi connectivity index (χ4v) is 3.72. The molecule has 33 heavy (non-hydrogen) atoms. The lowest BCUT2D eigenvalue weighted by Crippen LogP contribution is -2.42. The second kappa shape index (κ2) is 15.4. The van der Waals surface area contributed by atoms with Gasteiger partial charge in [0.15, 0.2) is 5.76 Å². The van der Waals surface area contributed by atoms with Crippen LogP contribution in [0.15, 0.2) is 40.8 Å². The molecule has 1 N–H and O–H groups in total. The van der Waals surface area contributed by atoms with Crippen molar-refractivity contribution in [3.8, 4) is 11.5 Å². The molecule has 1 aromatic carbocycles. The third kappa shape index (κ3) is 10.3. The predicted molar refractivity (Wildman–Crippen MR) is 133 cm³/mol. The molecule has 0 fully saturated rings. The van der Waals surface area contributed by atoms with Crippen molar-refractivity contribution in [2.75, 3.05) is 26.2 Å². The summed E-state index contributed by atoms with van der Waals surface area (Å²) < 4.78 is 16.9. The molecule has 1 unspecified atom stereocenters. The van der Waals surface area contributed by atoms with Crippen molar-refractivity contribution in [1.29, 1.82) is 0 Å². The van der Waals surface area contributed by atoms with Gasteiger partial charge in [0.05, 0.1) is 6.61 Å². The Morgan fingerprint density at radius 2 is 1.52 bits per heavy atom. The zero-order valence-corrected chi connectivity index (χ0v) is 20.9. The smallest absolute Gasteiger partial charge is 0.287 e. The molecule has 1 heterocycles. The van der Waals surface area contributed by atoms with Gasteiger partial charge in [-0.1, -0.05) is 39.5 Å². The largest absolute Gasteiger partial charge is 0.494 e. The van der Waals surface area contributed by atoms with E-state index in [1.54, 1.807) is 12.1 Å². The first-order valence-corrected chi connectivity index (χ1v) is 12.5. The van der Waals surface area contributed by atoms with E-state index < -0.39 is 0 Å². The van der Waals surface area contributed by atoms with Crippen LogP contribution in [0, 0.1) is 0 Å². The Balaban J connectivity index is 1.81. The number of nitrogens with one attached hydrogen (secondary N) is 1. The maximum atomic E-state index is 12.7. The van der Waals surface area contributed by atoms with Crippen LogP contribution in [0.1, 0.15) is 82.5 Å². The Morgan fingerprint density at radius 3 is 2.09 bits per heavy atom. The van der Waals surface area contributed by atoms with Gasteiger partial charge in [-0.3, -0.25) is 4.79 Å². The summed E-state index contributed by atoms with van der Waals surface area (Å²) in [5.41, 5.74) is 0. The van der Waals surface area contributed by atoms with E-state index in [2.05, 4.69) is 31.0 Å². The minimum atomic E-state index is -0.183. The lowest BCUT2D eigenvalue weighted by molar-refractivity contribution is 0.0896. The minimum absolute atomic E-state index is 0.0504. The first-order valence-electron chi connectivity index (χ1n) is 12.5. The number of hydrogen-bond acceptors (Lipinski definition) is 5.